The fourth-order valence-electron chi connectivity index (χ4n) is 1.96. The zero-order chi connectivity index (χ0) is 14.5. The Kier molecular flexibility index (Phi) is 4.56. The lowest BCUT2D eigenvalue weighted by Gasteiger charge is -2.18. The third-order valence-electron chi connectivity index (χ3n) is 3.31. The van der Waals surface area contributed by atoms with E-state index in [9.17, 15) is 9.59 Å². The maximum absolute atomic E-state index is 12.1. The molecule has 0 heterocycles. The van der Waals surface area contributed by atoms with Crippen molar-refractivity contribution in [3.05, 3.63) is 41.5 Å². The number of amides is 1. The summed E-state index contributed by atoms with van der Waals surface area (Å²) in [6, 6.07) is 7.82. The van der Waals surface area contributed by atoms with Crippen LogP contribution in [0, 0.1) is 12.8 Å². The van der Waals surface area contributed by atoms with Crippen LogP contribution in [0.1, 0.15) is 24.0 Å². The van der Waals surface area contributed by atoms with Gasteiger partial charge in [-0.25, -0.2) is 0 Å². The summed E-state index contributed by atoms with van der Waals surface area (Å²) < 4.78 is 0. The van der Waals surface area contributed by atoms with Crippen molar-refractivity contribution in [3.63, 3.8) is 0 Å². The Morgan fingerprint density at radius 1 is 1.30 bits per heavy atom. The molecule has 1 saturated carbocycles. The van der Waals surface area contributed by atoms with Gasteiger partial charge in [-0.3, -0.25) is 9.59 Å². The molecule has 0 saturated heterocycles. The average Bonchev–Trinajstić information content (AvgIpc) is 3.20. The van der Waals surface area contributed by atoms with Crippen molar-refractivity contribution in [2.75, 3.05) is 13.1 Å². The summed E-state index contributed by atoms with van der Waals surface area (Å²) >= 11 is 0. The van der Waals surface area contributed by atoms with Gasteiger partial charge in [-0.2, -0.15) is 0 Å². The van der Waals surface area contributed by atoms with Gasteiger partial charge in [0.15, 0.2) is 0 Å². The molecule has 0 aliphatic heterocycles. The molecule has 1 aliphatic rings. The lowest BCUT2D eigenvalue weighted by molar-refractivity contribution is -0.142. The number of hydrogen-bond donors (Lipinski definition) is 1. The molecule has 0 aromatic heterocycles. The minimum Gasteiger partial charge on any atom is -0.480 e. The highest BCUT2D eigenvalue weighted by Crippen LogP contribution is 2.29. The number of nitrogens with zero attached hydrogens (tertiary/aromatic N) is 1. The van der Waals surface area contributed by atoms with E-state index < -0.39 is 5.97 Å². The number of carboxylic acid groups (broad SMARTS) is 1. The smallest absolute Gasteiger partial charge is 0.323 e. The zero-order valence-electron chi connectivity index (χ0n) is 11.6. The predicted molar refractivity (Wildman–Crippen MR) is 77.2 cm³/mol. The number of carbonyl (C=O) groups excluding carboxylic acids is 1. The van der Waals surface area contributed by atoms with E-state index >= 15 is 0 Å². The fourth-order valence-corrected chi connectivity index (χ4v) is 1.96. The number of hydrogen-bond acceptors (Lipinski definition) is 2. The SMILES string of the molecule is Cc1ccc(/C=C/C(=O)N(CC(=O)O)CC2CC2)cc1. The van der Waals surface area contributed by atoms with Crippen molar-refractivity contribution in [1.82, 2.24) is 4.90 Å². The van der Waals surface area contributed by atoms with Crippen LogP contribution in [0.15, 0.2) is 30.3 Å². The van der Waals surface area contributed by atoms with Crippen molar-refractivity contribution in [1.29, 1.82) is 0 Å². The van der Waals surface area contributed by atoms with Crippen LogP contribution >= 0.6 is 0 Å². The van der Waals surface area contributed by atoms with Gasteiger partial charge in [-0.05, 0) is 37.3 Å². The first-order chi connectivity index (χ1) is 9.54. The number of carbonyl (C=O) groups is 2. The third-order valence-corrected chi connectivity index (χ3v) is 3.31. The molecule has 1 aliphatic carbocycles. The van der Waals surface area contributed by atoms with Gasteiger partial charge in [0.2, 0.25) is 5.91 Å². The van der Waals surface area contributed by atoms with E-state index in [1.165, 1.54) is 11.0 Å². The second kappa shape index (κ2) is 6.37. The number of carboxylic acids is 1. The molecule has 1 aromatic rings. The summed E-state index contributed by atoms with van der Waals surface area (Å²) in [5.74, 6) is -0.728. The summed E-state index contributed by atoms with van der Waals surface area (Å²) in [6.07, 6.45) is 5.36. The first-order valence-corrected chi connectivity index (χ1v) is 6.80. The van der Waals surface area contributed by atoms with Crippen LogP contribution in [0.3, 0.4) is 0 Å². The van der Waals surface area contributed by atoms with Gasteiger partial charge in [-0.1, -0.05) is 29.8 Å². The molecule has 0 atom stereocenters. The van der Waals surface area contributed by atoms with E-state index in [1.807, 2.05) is 31.2 Å². The highest BCUT2D eigenvalue weighted by atomic mass is 16.4. The molecule has 0 radical (unpaired) electrons. The van der Waals surface area contributed by atoms with Gasteiger partial charge < -0.3 is 10.0 Å². The standard InChI is InChI=1S/C16H19NO3/c1-12-2-4-13(5-3-12)8-9-15(18)17(11-16(19)20)10-14-6-7-14/h2-5,8-9,14H,6-7,10-11H2,1H3,(H,19,20)/b9-8+. The van der Waals surface area contributed by atoms with E-state index in [1.54, 1.807) is 6.08 Å². The minimum absolute atomic E-state index is 0.229. The summed E-state index contributed by atoms with van der Waals surface area (Å²) in [7, 11) is 0. The Bertz CT molecular complexity index is 515. The van der Waals surface area contributed by atoms with E-state index in [2.05, 4.69) is 0 Å². The van der Waals surface area contributed by atoms with E-state index in [0.717, 1.165) is 24.0 Å². The van der Waals surface area contributed by atoms with Crippen molar-refractivity contribution in [2.24, 2.45) is 5.92 Å². The Morgan fingerprint density at radius 2 is 1.95 bits per heavy atom. The van der Waals surface area contributed by atoms with Crippen molar-refractivity contribution in [2.45, 2.75) is 19.8 Å². The minimum atomic E-state index is -0.970. The second-order valence-corrected chi connectivity index (χ2v) is 5.30. The molecular formula is C16H19NO3. The average molecular weight is 273 g/mol. The Labute approximate surface area is 118 Å². The Hall–Kier alpha value is -2.10. The molecule has 1 N–H and O–H groups in total. The molecule has 20 heavy (non-hydrogen) atoms. The van der Waals surface area contributed by atoms with Gasteiger partial charge in [0.25, 0.3) is 0 Å². The van der Waals surface area contributed by atoms with E-state index in [-0.39, 0.29) is 12.5 Å². The van der Waals surface area contributed by atoms with E-state index in [0.29, 0.717) is 12.5 Å². The largest absolute Gasteiger partial charge is 0.480 e. The monoisotopic (exact) mass is 273 g/mol. The number of aliphatic carboxylic acids is 1. The quantitative estimate of drug-likeness (QED) is 0.809. The fraction of sp³-hybridized carbons (Fsp3) is 0.375. The molecule has 0 spiro atoms. The number of rotatable bonds is 6. The molecule has 2 rings (SSSR count). The molecule has 106 valence electrons. The lowest BCUT2D eigenvalue weighted by Crippen LogP contribution is -2.36. The molecule has 4 nitrogen and oxygen atoms in total. The van der Waals surface area contributed by atoms with Gasteiger partial charge in [0, 0.05) is 12.6 Å². The second-order valence-electron chi connectivity index (χ2n) is 5.30. The third kappa shape index (κ3) is 4.53. The van der Waals surface area contributed by atoms with Gasteiger partial charge in [-0.15, -0.1) is 0 Å². The van der Waals surface area contributed by atoms with Crippen LogP contribution < -0.4 is 0 Å². The zero-order valence-corrected chi connectivity index (χ0v) is 11.6. The van der Waals surface area contributed by atoms with Gasteiger partial charge >= 0.3 is 5.97 Å². The summed E-state index contributed by atoms with van der Waals surface area (Å²) in [5, 5.41) is 8.86. The summed E-state index contributed by atoms with van der Waals surface area (Å²) in [4.78, 5) is 24.3. The van der Waals surface area contributed by atoms with Crippen LogP contribution in [0.25, 0.3) is 6.08 Å². The summed E-state index contributed by atoms with van der Waals surface area (Å²) in [6.45, 7) is 2.32. The number of aryl methyl sites for hydroxylation is 1. The first kappa shape index (κ1) is 14.3. The van der Waals surface area contributed by atoms with Crippen LogP contribution in [0.5, 0.6) is 0 Å². The molecule has 1 fully saturated rings. The van der Waals surface area contributed by atoms with Gasteiger partial charge in [0.05, 0.1) is 0 Å². The summed E-state index contributed by atoms with van der Waals surface area (Å²) in [5.41, 5.74) is 2.10. The molecule has 4 heteroatoms. The first-order valence-electron chi connectivity index (χ1n) is 6.80. The van der Waals surface area contributed by atoms with Crippen molar-refractivity contribution >= 4 is 18.0 Å². The lowest BCUT2D eigenvalue weighted by atomic mass is 10.1. The molecule has 1 aromatic carbocycles. The van der Waals surface area contributed by atoms with Crippen LogP contribution in [-0.4, -0.2) is 35.0 Å². The number of benzene rings is 1. The maximum Gasteiger partial charge on any atom is 0.323 e. The Morgan fingerprint density at radius 3 is 2.50 bits per heavy atom. The van der Waals surface area contributed by atoms with Gasteiger partial charge in [0.1, 0.15) is 6.54 Å². The molecule has 1 amide bonds. The molecule has 0 unspecified atom stereocenters. The predicted octanol–water partition coefficient (Wildman–Crippen LogP) is 2.33. The highest BCUT2D eigenvalue weighted by Gasteiger charge is 2.26. The van der Waals surface area contributed by atoms with Crippen molar-refractivity contribution < 1.29 is 14.7 Å². The topological polar surface area (TPSA) is 57.6 Å². The van der Waals surface area contributed by atoms with Crippen LogP contribution in [0.2, 0.25) is 0 Å². The highest BCUT2D eigenvalue weighted by molar-refractivity contribution is 5.93. The maximum atomic E-state index is 12.1. The molecule has 0 bridgehead atoms. The van der Waals surface area contributed by atoms with Crippen LogP contribution in [-0.2, 0) is 9.59 Å². The van der Waals surface area contributed by atoms with E-state index in [4.69, 9.17) is 5.11 Å². The van der Waals surface area contributed by atoms with Crippen LogP contribution in [0.4, 0.5) is 0 Å². The molecular weight excluding hydrogens is 254 g/mol. The van der Waals surface area contributed by atoms with Crippen molar-refractivity contribution in [3.8, 4) is 0 Å². The Balaban J connectivity index is 1.98. The normalized spacial score (nSPS) is 14.4.